The summed E-state index contributed by atoms with van der Waals surface area (Å²) < 4.78 is 0. The fourth-order valence-corrected chi connectivity index (χ4v) is 3.29. The quantitative estimate of drug-likeness (QED) is 0.609. The van der Waals surface area contributed by atoms with Crippen LogP contribution in [-0.2, 0) is 6.42 Å². The summed E-state index contributed by atoms with van der Waals surface area (Å²) in [6.07, 6.45) is 4.31. The van der Waals surface area contributed by atoms with E-state index in [4.69, 9.17) is 11.6 Å². The van der Waals surface area contributed by atoms with Gasteiger partial charge in [-0.1, -0.05) is 17.7 Å². The smallest absolute Gasteiger partial charge is 0.0984 e. The van der Waals surface area contributed by atoms with E-state index in [0.717, 1.165) is 39.3 Å². The number of fused-ring (bicyclic) bond motifs is 1. The van der Waals surface area contributed by atoms with Crippen LogP contribution in [0.1, 0.15) is 10.7 Å². The van der Waals surface area contributed by atoms with E-state index in [1.54, 1.807) is 17.5 Å². The summed E-state index contributed by atoms with van der Waals surface area (Å²) in [5, 5.41) is 12.2. The third-order valence-electron chi connectivity index (χ3n) is 3.48. The molecule has 1 N–H and O–H groups in total. The van der Waals surface area contributed by atoms with Crippen LogP contribution < -0.4 is 0 Å². The Morgan fingerprint density at radius 1 is 1.14 bits per heavy atom. The van der Waals surface area contributed by atoms with Gasteiger partial charge in [-0.05, 0) is 24.3 Å². The molecule has 3 heterocycles. The molecule has 3 aromatic heterocycles. The fraction of sp³-hybridized carbons (Fsp3) is 0.0625. The highest BCUT2D eigenvalue weighted by atomic mass is 35.5. The van der Waals surface area contributed by atoms with E-state index in [2.05, 4.69) is 26.2 Å². The molecule has 4 nitrogen and oxygen atoms in total. The first-order valence-electron chi connectivity index (χ1n) is 6.77. The number of pyridine rings is 1. The fourth-order valence-electron chi connectivity index (χ4n) is 2.43. The van der Waals surface area contributed by atoms with E-state index in [1.807, 2.05) is 35.8 Å². The highest BCUT2D eigenvalue weighted by Gasteiger charge is 2.11. The molecule has 0 saturated carbocycles. The van der Waals surface area contributed by atoms with Crippen molar-refractivity contribution in [2.45, 2.75) is 6.42 Å². The summed E-state index contributed by atoms with van der Waals surface area (Å²) in [6, 6.07) is 9.73. The summed E-state index contributed by atoms with van der Waals surface area (Å²) in [6.45, 7) is 0. The number of thiazole rings is 1. The van der Waals surface area contributed by atoms with Crippen molar-refractivity contribution in [2.75, 3.05) is 0 Å². The highest BCUT2D eigenvalue weighted by molar-refractivity contribution is 7.09. The van der Waals surface area contributed by atoms with Gasteiger partial charge < -0.3 is 0 Å². The molecule has 0 aliphatic rings. The van der Waals surface area contributed by atoms with Crippen LogP contribution in [0.3, 0.4) is 0 Å². The molecule has 6 heteroatoms. The van der Waals surface area contributed by atoms with E-state index in [1.165, 1.54) is 0 Å². The molecular weight excluding hydrogens is 316 g/mol. The molecule has 4 rings (SSSR count). The lowest BCUT2D eigenvalue weighted by Gasteiger charge is -2.03. The summed E-state index contributed by atoms with van der Waals surface area (Å²) in [7, 11) is 0. The number of halogens is 1. The van der Waals surface area contributed by atoms with Crippen LogP contribution in [0.5, 0.6) is 0 Å². The normalized spacial score (nSPS) is 11.1. The van der Waals surface area contributed by atoms with Crippen molar-refractivity contribution in [2.24, 2.45) is 0 Å². The zero-order chi connectivity index (χ0) is 14.9. The van der Waals surface area contributed by atoms with Crippen LogP contribution in [0, 0.1) is 0 Å². The number of H-pyrrole nitrogens is 1. The minimum atomic E-state index is 0.645. The van der Waals surface area contributed by atoms with E-state index in [0.29, 0.717) is 5.02 Å². The molecule has 108 valence electrons. The number of hydrogen-bond acceptors (Lipinski definition) is 4. The molecule has 22 heavy (non-hydrogen) atoms. The second-order valence-corrected chi connectivity index (χ2v) is 6.26. The van der Waals surface area contributed by atoms with Crippen molar-refractivity contribution in [3.63, 3.8) is 0 Å². The Labute approximate surface area is 135 Å². The number of hydrogen-bond donors (Lipinski definition) is 1. The molecule has 0 atom stereocenters. The molecule has 0 radical (unpaired) electrons. The van der Waals surface area contributed by atoms with E-state index < -0.39 is 0 Å². The molecule has 0 spiro atoms. The highest BCUT2D eigenvalue weighted by Crippen LogP contribution is 2.29. The maximum Gasteiger partial charge on any atom is 0.0984 e. The lowest BCUT2D eigenvalue weighted by molar-refractivity contribution is 1.00. The first kappa shape index (κ1) is 13.4. The van der Waals surface area contributed by atoms with Gasteiger partial charge in [0.25, 0.3) is 0 Å². The minimum absolute atomic E-state index is 0.645. The van der Waals surface area contributed by atoms with Gasteiger partial charge in [-0.3, -0.25) is 10.1 Å². The van der Waals surface area contributed by atoms with Gasteiger partial charge in [0.15, 0.2) is 0 Å². The second kappa shape index (κ2) is 5.51. The van der Waals surface area contributed by atoms with Gasteiger partial charge in [0.05, 0.1) is 21.2 Å². The SMILES string of the molecule is Clc1cccnc1-c1ccc2n[nH]c(Cc3nccs3)c2c1. The van der Waals surface area contributed by atoms with Gasteiger partial charge in [0, 0.05) is 40.8 Å². The van der Waals surface area contributed by atoms with Crippen LogP contribution in [-0.4, -0.2) is 20.2 Å². The number of aromatic amines is 1. The van der Waals surface area contributed by atoms with Crippen molar-refractivity contribution in [1.82, 2.24) is 20.2 Å². The van der Waals surface area contributed by atoms with E-state index in [-0.39, 0.29) is 0 Å². The van der Waals surface area contributed by atoms with Gasteiger partial charge in [0.1, 0.15) is 0 Å². The van der Waals surface area contributed by atoms with Gasteiger partial charge in [-0.25, -0.2) is 4.98 Å². The Bertz CT molecular complexity index is 930. The predicted molar refractivity (Wildman–Crippen MR) is 89.3 cm³/mol. The molecule has 0 unspecified atom stereocenters. The molecule has 0 saturated heterocycles. The number of nitrogens with zero attached hydrogens (tertiary/aromatic N) is 3. The van der Waals surface area contributed by atoms with Crippen LogP contribution in [0.4, 0.5) is 0 Å². The van der Waals surface area contributed by atoms with Crippen molar-refractivity contribution in [3.8, 4) is 11.3 Å². The largest absolute Gasteiger partial charge is 0.281 e. The number of benzene rings is 1. The number of nitrogens with one attached hydrogen (secondary N) is 1. The first-order valence-corrected chi connectivity index (χ1v) is 8.03. The Balaban J connectivity index is 1.81. The van der Waals surface area contributed by atoms with Crippen molar-refractivity contribution >= 4 is 33.8 Å². The van der Waals surface area contributed by atoms with Crippen molar-refractivity contribution < 1.29 is 0 Å². The van der Waals surface area contributed by atoms with Crippen LogP contribution in [0.25, 0.3) is 22.2 Å². The average Bonchev–Trinajstić information content (AvgIpc) is 3.18. The topological polar surface area (TPSA) is 54.5 Å². The Kier molecular flexibility index (Phi) is 3.36. The number of rotatable bonds is 3. The van der Waals surface area contributed by atoms with E-state index in [9.17, 15) is 0 Å². The maximum atomic E-state index is 6.24. The van der Waals surface area contributed by atoms with E-state index >= 15 is 0 Å². The van der Waals surface area contributed by atoms with Crippen LogP contribution in [0.2, 0.25) is 5.02 Å². The Morgan fingerprint density at radius 3 is 2.91 bits per heavy atom. The maximum absolute atomic E-state index is 6.24. The summed E-state index contributed by atoms with van der Waals surface area (Å²) in [5.41, 5.74) is 3.76. The van der Waals surface area contributed by atoms with Gasteiger partial charge in [0.2, 0.25) is 0 Å². The molecule has 0 fully saturated rings. The summed E-state index contributed by atoms with van der Waals surface area (Å²) in [4.78, 5) is 8.70. The Hall–Kier alpha value is -2.24. The summed E-state index contributed by atoms with van der Waals surface area (Å²) >= 11 is 7.88. The average molecular weight is 327 g/mol. The molecule has 4 aromatic rings. The zero-order valence-corrected chi connectivity index (χ0v) is 13.0. The third-order valence-corrected chi connectivity index (χ3v) is 4.56. The zero-order valence-electron chi connectivity index (χ0n) is 11.5. The van der Waals surface area contributed by atoms with Gasteiger partial charge in [-0.2, -0.15) is 5.10 Å². The van der Waals surface area contributed by atoms with Gasteiger partial charge >= 0.3 is 0 Å². The lowest BCUT2D eigenvalue weighted by Crippen LogP contribution is -1.89. The second-order valence-electron chi connectivity index (χ2n) is 4.87. The molecule has 0 amide bonds. The monoisotopic (exact) mass is 326 g/mol. The molecule has 1 aromatic carbocycles. The minimum Gasteiger partial charge on any atom is -0.281 e. The summed E-state index contributed by atoms with van der Waals surface area (Å²) in [5.74, 6) is 0. The van der Waals surface area contributed by atoms with Crippen molar-refractivity contribution in [3.05, 3.63) is 63.8 Å². The lowest BCUT2D eigenvalue weighted by atomic mass is 10.1. The molecule has 0 aliphatic carbocycles. The van der Waals surface area contributed by atoms with Crippen molar-refractivity contribution in [1.29, 1.82) is 0 Å². The Morgan fingerprint density at radius 2 is 2.09 bits per heavy atom. The number of aromatic nitrogens is 4. The third kappa shape index (κ3) is 2.38. The molecule has 0 bridgehead atoms. The molecular formula is C16H11ClN4S. The van der Waals surface area contributed by atoms with Gasteiger partial charge in [-0.15, -0.1) is 11.3 Å². The van der Waals surface area contributed by atoms with Crippen LogP contribution in [0.15, 0.2) is 48.1 Å². The van der Waals surface area contributed by atoms with Crippen LogP contribution >= 0.6 is 22.9 Å². The molecule has 0 aliphatic heterocycles. The standard InChI is InChI=1S/C16H11ClN4S/c17-12-2-1-5-19-16(12)10-3-4-13-11(8-10)14(21-20-13)9-15-18-6-7-22-15/h1-8H,9H2,(H,20,21). The first-order chi connectivity index (χ1) is 10.8. The predicted octanol–water partition coefficient (Wildman–Crippen LogP) is 4.33.